The van der Waals surface area contributed by atoms with Crippen molar-refractivity contribution in [2.45, 2.75) is 354 Å². The fraction of sp³-hybridized carbons (Fsp3) is 0.859. The molecule has 0 aromatic heterocycles. The summed E-state index contributed by atoms with van der Waals surface area (Å²) in [6.07, 6.45) is 69.9. The van der Waals surface area contributed by atoms with Crippen molar-refractivity contribution in [1.29, 1.82) is 0 Å². The molecule has 1 unspecified atom stereocenters. The number of nitrogens with zero attached hydrogens (tertiary/aromatic N) is 2. The van der Waals surface area contributed by atoms with Gasteiger partial charge in [-0.25, -0.2) is 9.59 Å². The highest BCUT2D eigenvalue weighted by atomic mass is 16.5. The number of rotatable bonds is 4. The van der Waals surface area contributed by atoms with Gasteiger partial charge in [-0.3, -0.25) is 4.90 Å². The highest BCUT2D eigenvalue weighted by Crippen LogP contribution is 2.42. The van der Waals surface area contributed by atoms with Crippen LogP contribution in [-0.4, -0.2) is 65.9 Å². The normalized spacial score (nSPS) is 24.0. The minimum absolute atomic E-state index is 0.144. The first-order chi connectivity index (χ1) is 38.4. The van der Waals surface area contributed by atoms with E-state index in [0.29, 0.717) is 25.2 Å². The van der Waals surface area contributed by atoms with E-state index >= 15 is 0 Å². The van der Waals surface area contributed by atoms with E-state index in [-0.39, 0.29) is 17.4 Å². The molecule has 1 spiro atoms. The first kappa shape index (κ1) is 66.4. The summed E-state index contributed by atoms with van der Waals surface area (Å²) in [5.41, 5.74) is 6.00. The molecule has 7 heteroatoms. The summed E-state index contributed by atoms with van der Waals surface area (Å²) < 4.78 is 11.0. The van der Waals surface area contributed by atoms with Crippen LogP contribution in [0.2, 0.25) is 0 Å². The first-order valence-electron chi connectivity index (χ1n) is 34.7. The highest BCUT2D eigenvalue weighted by molar-refractivity contribution is 5.94. The third-order valence-electron chi connectivity index (χ3n) is 19.7. The van der Waals surface area contributed by atoms with E-state index in [1.54, 1.807) is 0 Å². The van der Waals surface area contributed by atoms with Gasteiger partial charge in [0.25, 0.3) is 0 Å². The monoisotopic (exact) mass is 1080 g/mol. The van der Waals surface area contributed by atoms with Gasteiger partial charge in [-0.15, -0.1) is 0 Å². The summed E-state index contributed by atoms with van der Waals surface area (Å²) in [6, 6.07) is 3.91. The van der Waals surface area contributed by atoms with Crippen LogP contribution in [0.5, 0.6) is 0 Å². The maximum atomic E-state index is 12.7. The Kier molecular flexibility index (Phi) is 36.1. The Morgan fingerprint density at radius 2 is 0.744 bits per heavy atom. The molecule has 4 aliphatic rings. The maximum absolute atomic E-state index is 12.7. The Morgan fingerprint density at radius 3 is 1.10 bits per heavy atom. The summed E-state index contributed by atoms with van der Waals surface area (Å²) in [4.78, 5) is 29.8. The maximum Gasteiger partial charge on any atom is 0.338 e. The Hall–Kier alpha value is -2.38. The standard InChI is InChI=1S/C71H124N2O5/c1-62-64(49-50-65-66(62)60-77-70(65)76)59-68(74)73-57-53-71(54-58-73)51-47-45-43-41-39-37-35-33-31-29-27-25-23-21-19-17-15-13-11-9-7-5-3-4-6-8-10-12-14-16-18-20-22-24-26-28-30-32-34-36-38-40-42-44-46-48-55-72(56-52-71)67-61-78-69(75)63(67)2/h49-50,68,74H,3-48,51-61H2,1-2H3. The van der Waals surface area contributed by atoms with Crippen LogP contribution in [-0.2, 0) is 27.3 Å². The van der Waals surface area contributed by atoms with Crippen LogP contribution in [0.15, 0.2) is 23.4 Å². The lowest BCUT2D eigenvalue weighted by Gasteiger charge is -2.45. The molecule has 2 fully saturated rings. The van der Waals surface area contributed by atoms with Gasteiger partial charge in [-0.05, 0) is 68.6 Å². The van der Waals surface area contributed by atoms with Crippen molar-refractivity contribution in [2.75, 3.05) is 32.8 Å². The zero-order chi connectivity index (χ0) is 55.0. The van der Waals surface area contributed by atoms with Crippen LogP contribution in [0.4, 0.5) is 0 Å². The van der Waals surface area contributed by atoms with Crippen molar-refractivity contribution >= 4 is 11.9 Å². The Labute approximate surface area is 481 Å². The largest absolute Gasteiger partial charge is 0.457 e. The van der Waals surface area contributed by atoms with Crippen molar-refractivity contribution in [3.63, 3.8) is 0 Å². The van der Waals surface area contributed by atoms with Crippen molar-refractivity contribution < 1.29 is 24.2 Å². The lowest BCUT2D eigenvalue weighted by atomic mass is 9.71. The van der Waals surface area contributed by atoms with E-state index in [2.05, 4.69) is 16.7 Å². The highest BCUT2D eigenvalue weighted by Gasteiger charge is 2.37. The molecule has 448 valence electrons. The zero-order valence-electron chi connectivity index (χ0n) is 51.5. The van der Waals surface area contributed by atoms with Gasteiger partial charge < -0.3 is 19.5 Å². The lowest BCUT2D eigenvalue weighted by molar-refractivity contribution is -0.136. The molecule has 2 saturated heterocycles. The van der Waals surface area contributed by atoms with Gasteiger partial charge in [0.2, 0.25) is 0 Å². The van der Waals surface area contributed by atoms with Crippen molar-refractivity contribution in [3.8, 4) is 0 Å². The van der Waals surface area contributed by atoms with Crippen LogP contribution in [0, 0.1) is 12.3 Å². The predicted octanol–water partition coefficient (Wildman–Crippen LogP) is 20.5. The van der Waals surface area contributed by atoms with Crippen LogP contribution in [0.3, 0.4) is 0 Å². The van der Waals surface area contributed by atoms with Crippen LogP contribution < -0.4 is 0 Å². The molecule has 1 N–H and O–H groups in total. The van der Waals surface area contributed by atoms with Crippen molar-refractivity contribution in [1.82, 2.24) is 9.80 Å². The number of cyclic esters (lactones) is 2. The molecule has 0 radical (unpaired) electrons. The van der Waals surface area contributed by atoms with Gasteiger partial charge in [0.05, 0.1) is 16.8 Å². The minimum Gasteiger partial charge on any atom is -0.457 e. The second-order valence-corrected chi connectivity index (χ2v) is 26.1. The number of aliphatic hydroxyl groups is 1. The average molecular weight is 1090 g/mol. The first-order valence-corrected chi connectivity index (χ1v) is 34.7. The van der Waals surface area contributed by atoms with Crippen molar-refractivity contribution in [2.24, 2.45) is 5.41 Å². The lowest BCUT2D eigenvalue weighted by Crippen LogP contribution is -2.47. The molecule has 0 amide bonds. The molecular weight excluding hydrogens is 961 g/mol. The smallest absolute Gasteiger partial charge is 0.338 e. The van der Waals surface area contributed by atoms with Gasteiger partial charge in [-0.1, -0.05) is 295 Å². The number of carbonyl (C=O) groups is 2. The SMILES string of the molecule is CC1=C(N2CCCCCCCCCCCCCCCCCCCCCCCCCCCCCCCCCCCCCCCCCCCCCCCCC3(CC2)CCN(C(O)Cc2ccc4c(c2C)COC4=O)CC3)COC1=O. The fourth-order valence-electron chi connectivity index (χ4n) is 14.0. The Morgan fingerprint density at radius 1 is 0.410 bits per heavy atom. The van der Waals surface area contributed by atoms with Crippen LogP contribution in [0.1, 0.15) is 355 Å². The second-order valence-electron chi connectivity index (χ2n) is 26.1. The number of carbonyl (C=O) groups excluding carboxylic acids is 2. The number of hydrogen-bond acceptors (Lipinski definition) is 7. The molecule has 1 aromatic rings. The predicted molar refractivity (Wildman–Crippen MR) is 330 cm³/mol. The number of piperidine rings is 1. The summed E-state index contributed by atoms with van der Waals surface area (Å²) in [7, 11) is 0. The van der Waals surface area contributed by atoms with Crippen molar-refractivity contribution in [3.05, 3.63) is 45.7 Å². The molecule has 1 aromatic carbocycles. The number of esters is 2. The van der Waals surface area contributed by atoms with Gasteiger partial charge in [0.15, 0.2) is 0 Å². The summed E-state index contributed by atoms with van der Waals surface area (Å²) in [5, 5.41) is 11.7. The molecule has 7 nitrogen and oxygen atoms in total. The number of likely N-dealkylation sites (tertiary alicyclic amines) is 1. The van der Waals surface area contributed by atoms with Gasteiger partial charge in [0, 0.05) is 38.2 Å². The minimum atomic E-state index is -0.548. The van der Waals surface area contributed by atoms with Gasteiger partial charge in [0.1, 0.15) is 19.4 Å². The third kappa shape index (κ3) is 27.6. The zero-order valence-corrected chi connectivity index (χ0v) is 51.5. The van der Waals surface area contributed by atoms with E-state index in [0.717, 1.165) is 73.4 Å². The molecule has 5 rings (SSSR count). The number of aliphatic hydroxyl groups excluding tert-OH is 1. The van der Waals surface area contributed by atoms with E-state index in [1.807, 2.05) is 19.1 Å². The molecule has 78 heavy (non-hydrogen) atoms. The molecule has 4 heterocycles. The molecule has 0 saturated carbocycles. The molecule has 1 atom stereocenters. The topological polar surface area (TPSA) is 79.3 Å². The van der Waals surface area contributed by atoms with E-state index < -0.39 is 6.23 Å². The van der Waals surface area contributed by atoms with Gasteiger partial charge in [-0.2, -0.15) is 0 Å². The fourth-order valence-corrected chi connectivity index (χ4v) is 14.0. The Balaban J connectivity index is 1.03. The van der Waals surface area contributed by atoms with Gasteiger partial charge >= 0.3 is 11.9 Å². The van der Waals surface area contributed by atoms with Crippen LogP contribution >= 0.6 is 0 Å². The quantitative estimate of drug-likeness (QED) is 0.301. The molecule has 0 aliphatic carbocycles. The van der Waals surface area contributed by atoms with E-state index in [9.17, 15) is 14.7 Å². The number of fused-ring (bicyclic) bond motifs is 1. The summed E-state index contributed by atoms with van der Waals surface area (Å²) >= 11 is 0. The van der Waals surface area contributed by atoms with E-state index in [1.165, 1.54) is 302 Å². The third-order valence-corrected chi connectivity index (χ3v) is 19.7. The van der Waals surface area contributed by atoms with Crippen LogP contribution in [0.25, 0.3) is 0 Å². The van der Waals surface area contributed by atoms with E-state index in [4.69, 9.17) is 9.47 Å². The number of benzene rings is 1. The average Bonchev–Trinajstić information content (AvgIpc) is 4.00. The Bertz CT molecular complexity index is 1730. The number of ether oxygens (including phenoxy) is 2. The summed E-state index contributed by atoms with van der Waals surface area (Å²) in [6.45, 7) is 8.57. The second kappa shape index (κ2) is 42.4. The molecular formula is C71H124N2O5. The molecule has 0 bridgehead atoms. The summed E-state index contributed by atoms with van der Waals surface area (Å²) in [5.74, 6) is -0.378. The molecule has 4 aliphatic heterocycles. The number of hydrogen-bond donors (Lipinski definition) is 1.